The molecule has 0 aliphatic carbocycles. The van der Waals surface area contributed by atoms with Gasteiger partial charge in [-0.3, -0.25) is 0 Å². The highest BCUT2D eigenvalue weighted by Crippen LogP contribution is 2.28. The van der Waals surface area contributed by atoms with Crippen molar-refractivity contribution in [2.45, 2.75) is 13.0 Å². The third kappa shape index (κ3) is 3.41. The lowest BCUT2D eigenvalue weighted by Gasteiger charge is -2.17. The van der Waals surface area contributed by atoms with E-state index in [0.29, 0.717) is 15.6 Å². The van der Waals surface area contributed by atoms with Gasteiger partial charge in [0.05, 0.1) is 11.6 Å². The SMILES string of the molecule is CC(Nc1cccc(C#N)c1)c1ccc(Cl)cc1Cl. The van der Waals surface area contributed by atoms with Crippen molar-refractivity contribution in [3.8, 4) is 6.07 Å². The van der Waals surface area contributed by atoms with Crippen LogP contribution in [0.3, 0.4) is 0 Å². The maximum absolute atomic E-state index is 8.87. The van der Waals surface area contributed by atoms with Crippen LogP contribution in [0.25, 0.3) is 0 Å². The van der Waals surface area contributed by atoms with Crippen molar-refractivity contribution in [1.29, 1.82) is 5.26 Å². The predicted molar refractivity (Wildman–Crippen MR) is 79.7 cm³/mol. The Labute approximate surface area is 122 Å². The minimum absolute atomic E-state index is 0.0266. The van der Waals surface area contributed by atoms with E-state index in [1.54, 1.807) is 18.2 Å². The van der Waals surface area contributed by atoms with E-state index in [4.69, 9.17) is 28.5 Å². The zero-order chi connectivity index (χ0) is 13.8. The van der Waals surface area contributed by atoms with Crippen LogP contribution in [0, 0.1) is 11.3 Å². The van der Waals surface area contributed by atoms with Crippen molar-refractivity contribution in [1.82, 2.24) is 0 Å². The average Bonchev–Trinajstić information content (AvgIpc) is 2.38. The summed E-state index contributed by atoms with van der Waals surface area (Å²) in [6, 6.07) is 14.9. The van der Waals surface area contributed by atoms with E-state index < -0.39 is 0 Å². The summed E-state index contributed by atoms with van der Waals surface area (Å²) in [5, 5.41) is 13.4. The first-order valence-corrected chi connectivity index (χ1v) is 6.57. The van der Waals surface area contributed by atoms with Crippen LogP contribution < -0.4 is 5.32 Å². The molecule has 0 radical (unpaired) electrons. The standard InChI is InChI=1S/C15H12Cl2N2/c1-10(14-6-5-12(16)8-15(14)17)19-13-4-2-3-11(7-13)9-18/h2-8,10,19H,1H3. The molecule has 0 aromatic heterocycles. The second kappa shape index (κ2) is 5.97. The molecule has 0 fully saturated rings. The topological polar surface area (TPSA) is 35.8 Å². The molecule has 1 atom stereocenters. The van der Waals surface area contributed by atoms with Crippen LogP contribution in [0.15, 0.2) is 42.5 Å². The van der Waals surface area contributed by atoms with Crippen LogP contribution in [0.5, 0.6) is 0 Å². The Kier molecular flexibility index (Phi) is 4.31. The Morgan fingerprint density at radius 2 is 1.95 bits per heavy atom. The molecular weight excluding hydrogens is 279 g/mol. The summed E-state index contributed by atoms with van der Waals surface area (Å²) < 4.78 is 0. The molecule has 2 aromatic rings. The maximum atomic E-state index is 8.87. The van der Waals surface area contributed by atoms with E-state index in [9.17, 15) is 0 Å². The minimum atomic E-state index is 0.0266. The molecule has 2 aromatic carbocycles. The average molecular weight is 291 g/mol. The van der Waals surface area contributed by atoms with Gasteiger partial charge >= 0.3 is 0 Å². The monoisotopic (exact) mass is 290 g/mol. The van der Waals surface area contributed by atoms with E-state index in [1.807, 2.05) is 31.2 Å². The van der Waals surface area contributed by atoms with Gasteiger partial charge in [0.25, 0.3) is 0 Å². The summed E-state index contributed by atoms with van der Waals surface area (Å²) in [4.78, 5) is 0. The Morgan fingerprint density at radius 1 is 1.16 bits per heavy atom. The van der Waals surface area contributed by atoms with Gasteiger partial charge in [0, 0.05) is 21.8 Å². The number of nitriles is 1. The van der Waals surface area contributed by atoms with Crippen molar-refractivity contribution in [3.63, 3.8) is 0 Å². The molecule has 0 spiro atoms. The van der Waals surface area contributed by atoms with Crippen LogP contribution in [0.2, 0.25) is 10.0 Å². The Bertz CT molecular complexity index is 632. The van der Waals surface area contributed by atoms with Crippen molar-refractivity contribution < 1.29 is 0 Å². The van der Waals surface area contributed by atoms with Crippen LogP contribution >= 0.6 is 23.2 Å². The molecule has 96 valence electrons. The fourth-order valence-electron chi connectivity index (χ4n) is 1.86. The van der Waals surface area contributed by atoms with Gasteiger partial charge in [0.1, 0.15) is 0 Å². The number of anilines is 1. The lowest BCUT2D eigenvalue weighted by molar-refractivity contribution is 0.885. The van der Waals surface area contributed by atoms with E-state index >= 15 is 0 Å². The minimum Gasteiger partial charge on any atom is -0.378 e. The number of benzene rings is 2. The molecule has 0 saturated carbocycles. The van der Waals surface area contributed by atoms with Crippen LogP contribution in [0.1, 0.15) is 24.1 Å². The van der Waals surface area contributed by atoms with Crippen LogP contribution in [0.4, 0.5) is 5.69 Å². The van der Waals surface area contributed by atoms with Crippen molar-refractivity contribution in [3.05, 3.63) is 63.6 Å². The Hall–Kier alpha value is -1.69. The van der Waals surface area contributed by atoms with Gasteiger partial charge in [-0.15, -0.1) is 0 Å². The molecule has 0 saturated heterocycles. The number of nitrogens with one attached hydrogen (secondary N) is 1. The fourth-order valence-corrected chi connectivity index (χ4v) is 2.43. The largest absolute Gasteiger partial charge is 0.378 e. The van der Waals surface area contributed by atoms with Crippen molar-refractivity contribution >= 4 is 28.9 Å². The summed E-state index contributed by atoms with van der Waals surface area (Å²) in [6.07, 6.45) is 0. The van der Waals surface area contributed by atoms with Crippen molar-refractivity contribution in [2.24, 2.45) is 0 Å². The third-order valence-electron chi connectivity index (χ3n) is 2.80. The maximum Gasteiger partial charge on any atom is 0.0992 e. The normalized spacial score (nSPS) is 11.7. The highest BCUT2D eigenvalue weighted by Gasteiger charge is 2.10. The fraction of sp³-hybridized carbons (Fsp3) is 0.133. The molecule has 1 unspecified atom stereocenters. The lowest BCUT2D eigenvalue weighted by atomic mass is 10.1. The van der Waals surface area contributed by atoms with Gasteiger partial charge in [-0.25, -0.2) is 0 Å². The first kappa shape index (κ1) is 13.7. The molecule has 0 amide bonds. The molecule has 2 nitrogen and oxygen atoms in total. The second-order valence-corrected chi connectivity index (χ2v) is 5.07. The van der Waals surface area contributed by atoms with Crippen LogP contribution in [-0.4, -0.2) is 0 Å². The Balaban J connectivity index is 2.20. The van der Waals surface area contributed by atoms with E-state index in [-0.39, 0.29) is 6.04 Å². The van der Waals surface area contributed by atoms with Gasteiger partial charge < -0.3 is 5.32 Å². The zero-order valence-corrected chi connectivity index (χ0v) is 11.8. The third-order valence-corrected chi connectivity index (χ3v) is 3.37. The predicted octanol–water partition coefficient (Wildman–Crippen LogP) is 5.04. The van der Waals surface area contributed by atoms with Gasteiger partial charge in [-0.1, -0.05) is 35.3 Å². The van der Waals surface area contributed by atoms with Crippen LogP contribution in [-0.2, 0) is 0 Å². The molecule has 19 heavy (non-hydrogen) atoms. The molecule has 1 N–H and O–H groups in total. The molecule has 0 aliphatic heterocycles. The van der Waals surface area contributed by atoms with Gasteiger partial charge in [0.2, 0.25) is 0 Å². The Morgan fingerprint density at radius 3 is 2.63 bits per heavy atom. The molecular formula is C15H12Cl2N2. The first-order valence-electron chi connectivity index (χ1n) is 5.82. The second-order valence-electron chi connectivity index (χ2n) is 4.22. The number of hydrogen-bond acceptors (Lipinski definition) is 2. The number of rotatable bonds is 3. The highest BCUT2D eigenvalue weighted by atomic mass is 35.5. The molecule has 2 rings (SSSR count). The summed E-state index contributed by atoms with van der Waals surface area (Å²) in [7, 11) is 0. The van der Waals surface area contributed by atoms with Crippen molar-refractivity contribution in [2.75, 3.05) is 5.32 Å². The molecule has 0 heterocycles. The number of hydrogen-bond donors (Lipinski definition) is 1. The van der Waals surface area contributed by atoms with E-state index in [2.05, 4.69) is 11.4 Å². The first-order chi connectivity index (χ1) is 9.10. The van der Waals surface area contributed by atoms with E-state index in [1.165, 1.54) is 0 Å². The lowest BCUT2D eigenvalue weighted by Crippen LogP contribution is -2.07. The summed E-state index contributed by atoms with van der Waals surface area (Å²) in [5.41, 5.74) is 2.48. The molecule has 0 aliphatic rings. The van der Waals surface area contributed by atoms with Gasteiger partial charge in [-0.2, -0.15) is 5.26 Å². The number of nitrogens with zero attached hydrogens (tertiary/aromatic N) is 1. The molecule has 0 bridgehead atoms. The van der Waals surface area contributed by atoms with Gasteiger partial charge in [-0.05, 0) is 42.8 Å². The smallest absolute Gasteiger partial charge is 0.0992 e. The summed E-state index contributed by atoms with van der Waals surface area (Å²) in [6.45, 7) is 2.01. The van der Waals surface area contributed by atoms with Gasteiger partial charge in [0.15, 0.2) is 0 Å². The zero-order valence-electron chi connectivity index (χ0n) is 10.3. The molecule has 4 heteroatoms. The summed E-state index contributed by atoms with van der Waals surface area (Å²) >= 11 is 12.1. The quantitative estimate of drug-likeness (QED) is 0.860. The summed E-state index contributed by atoms with van der Waals surface area (Å²) in [5.74, 6) is 0. The van der Waals surface area contributed by atoms with E-state index in [0.717, 1.165) is 11.3 Å². The highest BCUT2D eigenvalue weighted by molar-refractivity contribution is 6.35. The number of halogens is 2.